The monoisotopic (exact) mass is 230 g/mol. The third kappa shape index (κ3) is 2.60. The van der Waals surface area contributed by atoms with Gasteiger partial charge in [0, 0.05) is 16.5 Å². The largest absolute Gasteiger partial charge is 0.362 e. The first-order valence-electron chi connectivity index (χ1n) is 5.23. The second-order valence-corrected chi connectivity index (χ2v) is 6.55. The van der Waals surface area contributed by atoms with Crippen LogP contribution in [0.4, 0.5) is 0 Å². The summed E-state index contributed by atoms with van der Waals surface area (Å²) in [6, 6.07) is 0.611. The Morgan fingerprint density at radius 1 is 1.64 bits per heavy atom. The van der Waals surface area contributed by atoms with Crippen LogP contribution in [-0.2, 0) is 0 Å². The zero-order chi connectivity index (χ0) is 10.0. The van der Waals surface area contributed by atoms with Crippen LogP contribution in [0, 0.1) is 0 Å². The summed E-state index contributed by atoms with van der Waals surface area (Å²) in [5.41, 5.74) is 0. The van der Waals surface area contributed by atoms with Crippen molar-refractivity contribution >= 4 is 28.7 Å². The Morgan fingerprint density at radius 2 is 2.43 bits per heavy atom. The van der Waals surface area contributed by atoms with E-state index in [2.05, 4.69) is 23.5 Å². The molecule has 0 aromatic heterocycles. The van der Waals surface area contributed by atoms with Crippen LogP contribution in [0.5, 0.6) is 0 Å². The molecule has 1 heterocycles. The number of thioether (sulfide) groups is 2. The molecule has 0 bridgehead atoms. The Morgan fingerprint density at radius 3 is 3.00 bits per heavy atom. The summed E-state index contributed by atoms with van der Waals surface area (Å²) in [6.07, 6.45) is 6.17. The highest BCUT2D eigenvalue weighted by Crippen LogP contribution is 2.47. The molecule has 4 heteroatoms. The molecule has 1 N–H and O–H groups in total. The van der Waals surface area contributed by atoms with Crippen LogP contribution < -0.4 is 5.32 Å². The molecular formula is C10H18N2S2. The van der Waals surface area contributed by atoms with Crippen LogP contribution in [0.15, 0.2) is 4.99 Å². The van der Waals surface area contributed by atoms with Gasteiger partial charge < -0.3 is 5.32 Å². The van der Waals surface area contributed by atoms with Crippen molar-refractivity contribution in [1.29, 1.82) is 0 Å². The highest BCUT2D eigenvalue weighted by molar-refractivity contribution is 8.13. The summed E-state index contributed by atoms with van der Waals surface area (Å²) in [6.45, 7) is 3.24. The summed E-state index contributed by atoms with van der Waals surface area (Å²) in [5.74, 6) is 1.22. The van der Waals surface area contributed by atoms with Crippen molar-refractivity contribution in [3.05, 3.63) is 0 Å². The molecule has 1 saturated heterocycles. The minimum Gasteiger partial charge on any atom is -0.362 e. The van der Waals surface area contributed by atoms with Gasteiger partial charge in [0.2, 0.25) is 0 Å². The molecule has 0 aromatic carbocycles. The van der Waals surface area contributed by atoms with Gasteiger partial charge in [-0.05, 0) is 32.4 Å². The van der Waals surface area contributed by atoms with E-state index in [1.165, 1.54) is 30.2 Å². The first-order valence-corrected chi connectivity index (χ1v) is 7.44. The molecule has 14 heavy (non-hydrogen) atoms. The van der Waals surface area contributed by atoms with Gasteiger partial charge in [-0.15, -0.1) is 0 Å². The first-order chi connectivity index (χ1) is 6.74. The van der Waals surface area contributed by atoms with Gasteiger partial charge in [-0.1, -0.05) is 11.8 Å². The predicted octanol–water partition coefficient (Wildman–Crippen LogP) is 2.35. The SMILES string of the molecule is CSC1(CN=C2NC(C)CCS2)CC1. The molecule has 0 amide bonds. The molecule has 2 rings (SSSR count). The molecule has 1 unspecified atom stereocenters. The summed E-state index contributed by atoms with van der Waals surface area (Å²) in [7, 11) is 0. The fourth-order valence-corrected chi connectivity index (χ4v) is 3.34. The lowest BCUT2D eigenvalue weighted by Gasteiger charge is -2.22. The lowest BCUT2D eigenvalue weighted by atomic mass is 10.3. The molecule has 80 valence electrons. The molecule has 1 aliphatic carbocycles. The van der Waals surface area contributed by atoms with Crippen LogP contribution in [0.1, 0.15) is 26.2 Å². The van der Waals surface area contributed by atoms with E-state index >= 15 is 0 Å². The maximum Gasteiger partial charge on any atom is 0.156 e. The van der Waals surface area contributed by atoms with Crippen LogP contribution in [-0.4, -0.2) is 34.5 Å². The number of nitrogens with one attached hydrogen (secondary N) is 1. The molecular weight excluding hydrogens is 212 g/mol. The number of rotatable bonds is 3. The van der Waals surface area contributed by atoms with E-state index in [-0.39, 0.29) is 0 Å². The van der Waals surface area contributed by atoms with E-state index in [9.17, 15) is 0 Å². The average Bonchev–Trinajstić information content (AvgIpc) is 2.96. The van der Waals surface area contributed by atoms with Crippen molar-refractivity contribution in [2.24, 2.45) is 4.99 Å². The third-order valence-corrected chi connectivity index (χ3v) is 5.27. The Hall–Kier alpha value is 0.170. The number of hydrogen-bond acceptors (Lipinski definition) is 3. The van der Waals surface area contributed by atoms with Crippen molar-refractivity contribution in [3.8, 4) is 0 Å². The van der Waals surface area contributed by atoms with Gasteiger partial charge in [-0.25, -0.2) is 0 Å². The third-order valence-electron chi connectivity index (χ3n) is 2.91. The molecule has 2 nitrogen and oxygen atoms in total. The van der Waals surface area contributed by atoms with E-state index < -0.39 is 0 Å². The Bertz CT molecular complexity index is 236. The second kappa shape index (κ2) is 4.35. The lowest BCUT2D eigenvalue weighted by Crippen LogP contribution is -2.36. The van der Waals surface area contributed by atoms with Crippen LogP contribution >= 0.6 is 23.5 Å². The van der Waals surface area contributed by atoms with E-state index in [0.29, 0.717) is 10.8 Å². The van der Waals surface area contributed by atoms with Gasteiger partial charge in [0.1, 0.15) is 0 Å². The quantitative estimate of drug-likeness (QED) is 0.805. The molecule has 1 saturated carbocycles. The Labute approximate surface area is 94.7 Å². The minimum atomic E-state index is 0.510. The maximum absolute atomic E-state index is 4.69. The van der Waals surface area contributed by atoms with Gasteiger partial charge >= 0.3 is 0 Å². The zero-order valence-electron chi connectivity index (χ0n) is 8.88. The fourth-order valence-electron chi connectivity index (χ4n) is 1.53. The van der Waals surface area contributed by atoms with Crippen molar-refractivity contribution in [2.75, 3.05) is 18.6 Å². The number of amidine groups is 1. The van der Waals surface area contributed by atoms with Crippen molar-refractivity contribution in [1.82, 2.24) is 5.32 Å². The molecule has 1 atom stereocenters. The lowest BCUT2D eigenvalue weighted by molar-refractivity contribution is 0.642. The van der Waals surface area contributed by atoms with Crippen LogP contribution in [0.2, 0.25) is 0 Å². The van der Waals surface area contributed by atoms with Gasteiger partial charge in [0.15, 0.2) is 5.17 Å². The van der Waals surface area contributed by atoms with E-state index in [4.69, 9.17) is 0 Å². The summed E-state index contributed by atoms with van der Waals surface area (Å²) < 4.78 is 0.510. The zero-order valence-corrected chi connectivity index (χ0v) is 10.5. The number of nitrogens with zero attached hydrogens (tertiary/aromatic N) is 1. The topological polar surface area (TPSA) is 24.4 Å². The normalized spacial score (nSPS) is 32.7. The smallest absolute Gasteiger partial charge is 0.156 e. The molecule has 2 aliphatic rings. The Balaban J connectivity index is 1.84. The number of aliphatic imine (C=N–C) groups is 1. The summed E-state index contributed by atoms with van der Waals surface area (Å²) in [5, 5.41) is 4.61. The van der Waals surface area contributed by atoms with Gasteiger partial charge in [0.25, 0.3) is 0 Å². The number of hydrogen-bond donors (Lipinski definition) is 1. The van der Waals surface area contributed by atoms with Crippen molar-refractivity contribution in [3.63, 3.8) is 0 Å². The van der Waals surface area contributed by atoms with Gasteiger partial charge in [-0.2, -0.15) is 11.8 Å². The van der Waals surface area contributed by atoms with Crippen molar-refractivity contribution in [2.45, 2.75) is 37.0 Å². The summed E-state index contributed by atoms with van der Waals surface area (Å²) in [4.78, 5) is 4.69. The standard InChI is InChI=1S/C10H18N2S2/c1-8-3-6-14-9(12-8)11-7-10(13-2)4-5-10/h8H,3-7H2,1-2H3,(H,11,12). The summed E-state index contributed by atoms with van der Waals surface area (Å²) >= 11 is 3.86. The van der Waals surface area contributed by atoms with Gasteiger partial charge in [0.05, 0.1) is 6.54 Å². The van der Waals surface area contributed by atoms with Crippen LogP contribution in [0.25, 0.3) is 0 Å². The molecule has 0 radical (unpaired) electrons. The molecule has 1 aliphatic heterocycles. The van der Waals surface area contributed by atoms with Crippen molar-refractivity contribution < 1.29 is 0 Å². The molecule has 2 fully saturated rings. The highest BCUT2D eigenvalue weighted by atomic mass is 32.2. The second-order valence-electron chi connectivity index (χ2n) is 4.19. The maximum atomic E-state index is 4.69. The molecule has 0 spiro atoms. The molecule has 0 aromatic rings. The Kier molecular flexibility index (Phi) is 3.32. The van der Waals surface area contributed by atoms with E-state index in [0.717, 1.165) is 6.54 Å². The first kappa shape index (κ1) is 10.7. The fraction of sp³-hybridized carbons (Fsp3) is 0.900. The van der Waals surface area contributed by atoms with Crippen LogP contribution in [0.3, 0.4) is 0 Å². The predicted molar refractivity (Wildman–Crippen MR) is 67.5 cm³/mol. The average molecular weight is 230 g/mol. The van der Waals surface area contributed by atoms with E-state index in [1.54, 1.807) is 0 Å². The van der Waals surface area contributed by atoms with Gasteiger partial charge in [-0.3, -0.25) is 4.99 Å². The minimum absolute atomic E-state index is 0.510. The highest BCUT2D eigenvalue weighted by Gasteiger charge is 2.41. The van der Waals surface area contributed by atoms with E-state index in [1.807, 2.05) is 23.5 Å².